The van der Waals surface area contributed by atoms with Crippen molar-refractivity contribution in [2.24, 2.45) is 5.92 Å². The Hall–Kier alpha value is -2.59. The first-order valence-electron chi connectivity index (χ1n) is 12.7. The van der Waals surface area contributed by atoms with Crippen molar-refractivity contribution in [3.05, 3.63) is 92.4 Å². The molecule has 0 aliphatic heterocycles. The molecule has 0 fully saturated rings. The number of anilines is 1. The molecule has 11 heteroatoms. The van der Waals surface area contributed by atoms with Crippen molar-refractivity contribution in [2.45, 2.75) is 45.2 Å². The average molecular weight is 669 g/mol. The van der Waals surface area contributed by atoms with Crippen LogP contribution >= 0.6 is 39.1 Å². The zero-order valence-corrected chi connectivity index (χ0v) is 26.6. The Labute approximate surface area is 254 Å². The van der Waals surface area contributed by atoms with Gasteiger partial charge in [0.05, 0.1) is 10.6 Å². The molecule has 0 bridgehead atoms. The maximum Gasteiger partial charge on any atom is 0.264 e. The minimum absolute atomic E-state index is 0.0391. The molecule has 0 aromatic heterocycles. The second-order valence-corrected chi connectivity index (χ2v) is 13.4. The lowest BCUT2D eigenvalue weighted by molar-refractivity contribution is -0.139. The molecule has 3 rings (SSSR count). The van der Waals surface area contributed by atoms with Crippen molar-refractivity contribution in [3.63, 3.8) is 0 Å². The van der Waals surface area contributed by atoms with Crippen molar-refractivity contribution in [1.82, 2.24) is 10.2 Å². The Balaban J connectivity index is 2.04. The fourth-order valence-electron chi connectivity index (χ4n) is 3.86. The summed E-state index contributed by atoms with van der Waals surface area (Å²) in [5.41, 5.74) is 1.65. The molecule has 214 valence electrons. The van der Waals surface area contributed by atoms with Crippen LogP contribution < -0.4 is 9.62 Å². The standard InChI is InChI=1S/C29H32BrCl2N3O4S/c1-19(2)16-33-29(37)21(4)34(17-25-26(31)6-5-7-27(25)32)28(36)18-35(23-12-10-22(30)11-13-23)40(38,39)24-14-8-20(3)9-15-24/h5-15,19,21H,16-18H2,1-4H3,(H,33,37)/t21-/m0/s1. The third-order valence-electron chi connectivity index (χ3n) is 6.24. The van der Waals surface area contributed by atoms with E-state index in [1.807, 2.05) is 20.8 Å². The van der Waals surface area contributed by atoms with Gasteiger partial charge in [0.15, 0.2) is 0 Å². The summed E-state index contributed by atoms with van der Waals surface area (Å²) < 4.78 is 29.5. The lowest BCUT2D eigenvalue weighted by Crippen LogP contribution is -2.51. The van der Waals surface area contributed by atoms with Crippen LogP contribution in [-0.2, 0) is 26.2 Å². The number of carbonyl (C=O) groups is 2. The molecular formula is C29H32BrCl2N3O4S. The van der Waals surface area contributed by atoms with Crippen LogP contribution in [0.25, 0.3) is 0 Å². The van der Waals surface area contributed by atoms with E-state index in [-0.39, 0.29) is 23.3 Å². The molecule has 0 heterocycles. The highest BCUT2D eigenvalue weighted by Gasteiger charge is 2.33. The van der Waals surface area contributed by atoms with Gasteiger partial charge in [0, 0.05) is 33.2 Å². The van der Waals surface area contributed by atoms with E-state index in [2.05, 4.69) is 21.2 Å². The second-order valence-electron chi connectivity index (χ2n) is 9.84. The number of nitrogens with one attached hydrogen (secondary N) is 1. The van der Waals surface area contributed by atoms with Crippen LogP contribution in [0.2, 0.25) is 10.0 Å². The second kappa shape index (κ2) is 13.9. The molecule has 0 aliphatic rings. The Morgan fingerprint density at radius 2 is 1.50 bits per heavy atom. The number of benzene rings is 3. The zero-order chi connectivity index (χ0) is 29.6. The Bertz CT molecular complexity index is 1430. The van der Waals surface area contributed by atoms with E-state index < -0.39 is 28.5 Å². The van der Waals surface area contributed by atoms with Gasteiger partial charge in [-0.15, -0.1) is 0 Å². The average Bonchev–Trinajstić information content (AvgIpc) is 2.90. The molecule has 1 atom stereocenters. The van der Waals surface area contributed by atoms with Gasteiger partial charge in [-0.1, -0.05) is 76.7 Å². The molecule has 3 aromatic carbocycles. The van der Waals surface area contributed by atoms with Gasteiger partial charge in [-0.3, -0.25) is 13.9 Å². The monoisotopic (exact) mass is 667 g/mol. The van der Waals surface area contributed by atoms with Crippen molar-refractivity contribution < 1.29 is 18.0 Å². The quantitative estimate of drug-likeness (QED) is 0.255. The van der Waals surface area contributed by atoms with E-state index >= 15 is 0 Å². The first kappa shape index (κ1) is 31.9. The molecule has 0 saturated heterocycles. The first-order valence-corrected chi connectivity index (χ1v) is 15.6. The summed E-state index contributed by atoms with van der Waals surface area (Å²) in [4.78, 5) is 28.4. The maximum atomic E-state index is 14.0. The van der Waals surface area contributed by atoms with Crippen LogP contribution in [0, 0.1) is 12.8 Å². The lowest BCUT2D eigenvalue weighted by atomic mass is 10.1. The van der Waals surface area contributed by atoms with Crippen LogP contribution in [0.3, 0.4) is 0 Å². The van der Waals surface area contributed by atoms with E-state index in [9.17, 15) is 18.0 Å². The summed E-state index contributed by atoms with van der Waals surface area (Å²) in [6, 6.07) is 17.0. The van der Waals surface area contributed by atoms with Crippen LogP contribution in [0.4, 0.5) is 5.69 Å². The minimum atomic E-state index is -4.15. The predicted octanol–water partition coefficient (Wildman–Crippen LogP) is 6.45. The summed E-state index contributed by atoms with van der Waals surface area (Å²) in [6.45, 7) is 7.15. The molecule has 2 amide bonds. The van der Waals surface area contributed by atoms with Gasteiger partial charge in [-0.2, -0.15) is 0 Å². The number of carbonyl (C=O) groups excluding carboxylic acids is 2. The molecule has 0 radical (unpaired) electrons. The molecule has 3 aromatic rings. The number of nitrogens with zero attached hydrogens (tertiary/aromatic N) is 2. The Morgan fingerprint density at radius 3 is 2.05 bits per heavy atom. The third kappa shape index (κ3) is 8.00. The topological polar surface area (TPSA) is 86.8 Å². The summed E-state index contributed by atoms with van der Waals surface area (Å²) in [6.07, 6.45) is 0. The van der Waals surface area contributed by atoms with Gasteiger partial charge in [0.1, 0.15) is 12.6 Å². The normalized spacial score (nSPS) is 12.2. The fraction of sp³-hybridized carbons (Fsp3) is 0.310. The van der Waals surface area contributed by atoms with E-state index in [1.54, 1.807) is 61.5 Å². The van der Waals surface area contributed by atoms with Gasteiger partial charge in [-0.05, 0) is 68.3 Å². The largest absolute Gasteiger partial charge is 0.354 e. The molecule has 40 heavy (non-hydrogen) atoms. The minimum Gasteiger partial charge on any atom is -0.354 e. The van der Waals surface area contributed by atoms with Crippen molar-refractivity contribution in [3.8, 4) is 0 Å². The molecule has 0 spiro atoms. The summed E-state index contributed by atoms with van der Waals surface area (Å²) in [7, 11) is -4.15. The van der Waals surface area contributed by atoms with Crippen LogP contribution in [0.5, 0.6) is 0 Å². The Kier molecular flexibility index (Phi) is 11.1. The molecular weight excluding hydrogens is 637 g/mol. The van der Waals surface area contributed by atoms with E-state index in [0.717, 1.165) is 14.3 Å². The van der Waals surface area contributed by atoms with Crippen molar-refractivity contribution in [1.29, 1.82) is 0 Å². The number of hydrogen-bond acceptors (Lipinski definition) is 4. The SMILES string of the molecule is Cc1ccc(S(=O)(=O)N(CC(=O)N(Cc2c(Cl)cccc2Cl)[C@@H](C)C(=O)NCC(C)C)c2ccc(Br)cc2)cc1. The van der Waals surface area contributed by atoms with Crippen molar-refractivity contribution in [2.75, 3.05) is 17.4 Å². The molecule has 1 N–H and O–H groups in total. The molecule has 0 aliphatic carbocycles. The fourth-order valence-corrected chi connectivity index (χ4v) is 6.06. The van der Waals surface area contributed by atoms with E-state index in [4.69, 9.17) is 23.2 Å². The van der Waals surface area contributed by atoms with Gasteiger partial charge in [-0.25, -0.2) is 8.42 Å². The highest BCUT2D eigenvalue weighted by molar-refractivity contribution is 9.10. The third-order valence-corrected chi connectivity index (χ3v) is 9.27. The number of rotatable bonds is 11. The number of sulfonamides is 1. The van der Waals surface area contributed by atoms with Crippen LogP contribution in [0.15, 0.2) is 76.1 Å². The molecule has 0 saturated carbocycles. The van der Waals surface area contributed by atoms with E-state index in [0.29, 0.717) is 27.8 Å². The number of aryl methyl sites for hydroxylation is 1. The number of amides is 2. The van der Waals surface area contributed by atoms with E-state index in [1.165, 1.54) is 17.0 Å². The number of halogens is 3. The molecule has 0 unspecified atom stereocenters. The lowest BCUT2D eigenvalue weighted by Gasteiger charge is -2.32. The van der Waals surface area contributed by atoms with Crippen LogP contribution in [0.1, 0.15) is 31.9 Å². The number of hydrogen-bond donors (Lipinski definition) is 1. The zero-order valence-electron chi connectivity index (χ0n) is 22.7. The highest BCUT2D eigenvalue weighted by Crippen LogP contribution is 2.29. The summed E-state index contributed by atoms with van der Waals surface area (Å²) >= 11 is 16.2. The highest BCUT2D eigenvalue weighted by atomic mass is 79.9. The Morgan fingerprint density at radius 1 is 0.925 bits per heavy atom. The molecule has 7 nitrogen and oxygen atoms in total. The predicted molar refractivity (Wildman–Crippen MR) is 164 cm³/mol. The summed E-state index contributed by atoms with van der Waals surface area (Å²) in [5.74, 6) is -0.769. The first-order chi connectivity index (χ1) is 18.8. The van der Waals surface area contributed by atoms with Gasteiger partial charge < -0.3 is 10.2 Å². The summed E-state index contributed by atoms with van der Waals surface area (Å²) in [5, 5.41) is 3.51. The smallest absolute Gasteiger partial charge is 0.264 e. The van der Waals surface area contributed by atoms with Gasteiger partial charge in [0.2, 0.25) is 11.8 Å². The van der Waals surface area contributed by atoms with Crippen molar-refractivity contribution >= 4 is 66.7 Å². The maximum absolute atomic E-state index is 14.0. The van der Waals surface area contributed by atoms with Gasteiger partial charge >= 0.3 is 0 Å². The van der Waals surface area contributed by atoms with Gasteiger partial charge in [0.25, 0.3) is 10.0 Å². The van der Waals surface area contributed by atoms with Crippen LogP contribution in [-0.4, -0.2) is 44.3 Å².